The van der Waals surface area contributed by atoms with Crippen LogP contribution >= 0.6 is 11.8 Å². The lowest BCUT2D eigenvalue weighted by atomic mass is 10.1. The van der Waals surface area contributed by atoms with E-state index in [1.807, 2.05) is 49.0 Å². The topological polar surface area (TPSA) is 52.7 Å². The van der Waals surface area contributed by atoms with Crippen LogP contribution in [-0.4, -0.2) is 52.8 Å². The lowest BCUT2D eigenvalue weighted by molar-refractivity contribution is -0.116. The fourth-order valence-corrected chi connectivity index (χ4v) is 4.80. The zero-order valence-electron chi connectivity index (χ0n) is 16.6. The highest BCUT2D eigenvalue weighted by molar-refractivity contribution is 7.99. The second kappa shape index (κ2) is 8.43. The number of carbonyl (C=O) groups excluding carboxylic acids is 2. The molecule has 6 heteroatoms. The molecule has 1 N–H and O–H groups in total. The first-order valence-electron chi connectivity index (χ1n) is 9.83. The van der Waals surface area contributed by atoms with E-state index in [0.717, 1.165) is 36.4 Å². The normalized spacial score (nSPS) is 16.8. The Morgan fingerprint density at radius 3 is 2.55 bits per heavy atom. The molecule has 0 atom stereocenters. The molecule has 2 aliphatic rings. The van der Waals surface area contributed by atoms with Crippen molar-refractivity contribution in [3.05, 3.63) is 71.3 Å². The third kappa shape index (κ3) is 4.09. The van der Waals surface area contributed by atoms with Gasteiger partial charge >= 0.3 is 0 Å². The minimum absolute atomic E-state index is 0.0423. The van der Waals surface area contributed by atoms with E-state index in [-0.39, 0.29) is 18.4 Å². The number of anilines is 1. The summed E-state index contributed by atoms with van der Waals surface area (Å²) in [7, 11) is 0. The monoisotopic (exact) mass is 407 g/mol. The number of hydrogen-bond acceptors (Lipinski definition) is 4. The Hall–Kier alpha value is -2.57. The van der Waals surface area contributed by atoms with Crippen LogP contribution in [0.25, 0.3) is 5.70 Å². The molecule has 150 valence electrons. The van der Waals surface area contributed by atoms with Gasteiger partial charge in [-0.2, -0.15) is 11.8 Å². The molecule has 0 aliphatic carbocycles. The predicted molar refractivity (Wildman–Crippen MR) is 119 cm³/mol. The Kier molecular flexibility index (Phi) is 5.74. The highest BCUT2D eigenvalue weighted by atomic mass is 32.2. The van der Waals surface area contributed by atoms with Crippen molar-refractivity contribution in [2.45, 2.75) is 13.5 Å². The quantitative estimate of drug-likeness (QED) is 0.823. The number of amides is 2. The first-order valence-corrected chi connectivity index (χ1v) is 11.0. The molecule has 29 heavy (non-hydrogen) atoms. The SMILES string of the molecule is C=C1c2ccccc2C(=O)N1CC(=O)Nc1cccc(CN2CCSCC2)c1C. The van der Waals surface area contributed by atoms with Gasteiger partial charge in [0.05, 0.1) is 0 Å². The maximum absolute atomic E-state index is 12.7. The van der Waals surface area contributed by atoms with Crippen molar-refractivity contribution < 1.29 is 9.59 Å². The zero-order valence-corrected chi connectivity index (χ0v) is 17.4. The van der Waals surface area contributed by atoms with Crippen molar-refractivity contribution in [3.63, 3.8) is 0 Å². The van der Waals surface area contributed by atoms with Gasteiger partial charge in [-0.15, -0.1) is 0 Å². The lowest BCUT2D eigenvalue weighted by Gasteiger charge is -2.27. The minimum atomic E-state index is -0.220. The second-order valence-electron chi connectivity index (χ2n) is 7.41. The number of carbonyl (C=O) groups is 2. The fourth-order valence-electron chi connectivity index (χ4n) is 3.83. The average Bonchev–Trinajstić information content (AvgIpc) is 2.97. The van der Waals surface area contributed by atoms with Gasteiger partial charge in [0, 0.05) is 53.7 Å². The summed E-state index contributed by atoms with van der Waals surface area (Å²) in [5.41, 5.74) is 5.08. The summed E-state index contributed by atoms with van der Waals surface area (Å²) < 4.78 is 0. The molecule has 0 aromatic heterocycles. The maximum Gasteiger partial charge on any atom is 0.259 e. The van der Waals surface area contributed by atoms with E-state index in [1.165, 1.54) is 22.0 Å². The van der Waals surface area contributed by atoms with E-state index in [4.69, 9.17) is 0 Å². The number of nitrogens with zero attached hydrogens (tertiary/aromatic N) is 2. The van der Waals surface area contributed by atoms with Crippen LogP contribution in [0, 0.1) is 6.92 Å². The molecule has 0 radical (unpaired) electrons. The molecule has 1 fully saturated rings. The van der Waals surface area contributed by atoms with Crippen molar-refractivity contribution >= 4 is 35.0 Å². The zero-order chi connectivity index (χ0) is 20.4. The summed E-state index contributed by atoms with van der Waals surface area (Å²) in [4.78, 5) is 29.2. The molecule has 5 nitrogen and oxygen atoms in total. The number of hydrogen-bond donors (Lipinski definition) is 1. The van der Waals surface area contributed by atoms with E-state index in [0.29, 0.717) is 11.3 Å². The van der Waals surface area contributed by atoms with E-state index in [9.17, 15) is 9.59 Å². The summed E-state index contributed by atoms with van der Waals surface area (Å²) in [5.74, 6) is 1.95. The van der Waals surface area contributed by atoms with Gasteiger partial charge in [0.2, 0.25) is 5.91 Å². The fraction of sp³-hybridized carbons (Fsp3) is 0.304. The second-order valence-corrected chi connectivity index (χ2v) is 8.63. The standard InChI is InChI=1S/C23H25N3O2S/c1-16-18(14-25-10-12-29-13-11-25)6-5-9-21(16)24-22(27)15-26-17(2)19-7-3-4-8-20(19)23(26)28/h3-9H,2,10-15H2,1H3,(H,24,27). The van der Waals surface area contributed by atoms with E-state index in [2.05, 4.69) is 22.9 Å². The maximum atomic E-state index is 12.7. The summed E-state index contributed by atoms with van der Waals surface area (Å²) >= 11 is 2.00. The van der Waals surface area contributed by atoms with Crippen molar-refractivity contribution in [2.24, 2.45) is 0 Å². The van der Waals surface area contributed by atoms with Crippen LogP contribution in [0.5, 0.6) is 0 Å². The van der Waals surface area contributed by atoms with Gasteiger partial charge in [0.15, 0.2) is 0 Å². The average molecular weight is 408 g/mol. The van der Waals surface area contributed by atoms with E-state index < -0.39 is 0 Å². The lowest BCUT2D eigenvalue weighted by Crippen LogP contribution is -2.33. The molecule has 2 aromatic rings. The van der Waals surface area contributed by atoms with Crippen LogP contribution in [0.3, 0.4) is 0 Å². The first kappa shape index (κ1) is 19.7. The van der Waals surface area contributed by atoms with Crippen molar-refractivity contribution in [1.29, 1.82) is 0 Å². The molecule has 2 aliphatic heterocycles. The minimum Gasteiger partial charge on any atom is -0.324 e. The predicted octanol–water partition coefficient (Wildman–Crippen LogP) is 3.61. The number of fused-ring (bicyclic) bond motifs is 1. The summed E-state index contributed by atoms with van der Waals surface area (Å²) in [6.45, 7) is 9.09. The Morgan fingerprint density at radius 2 is 1.83 bits per heavy atom. The number of nitrogens with one attached hydrogen (secondary N) is 1. The molecule has 0 spiro atoms. The highest BCUT2D eigenvalue weighted by Crippen LogP contribution is 2.31. The Bertz CT molecular complexity index is 931. The molecule has 1 saturated heterocycles. The number of thioether (sulfide) groups is 1. The Morgan fingerprint density at radius 1 is 1.10 bits per heavy atom. The summed E-state index contributed by atoms with van der Waals surface area (Å²) in [6, 6.07) is 13.3. The van der Waals surface area contributed by atoms with Gasteiger partial charge in [-0.05, 0) is 30.2 Å². The van der Waals surface area contributed by atoms with Crippen LogP contribution in [0.2, 0.25) is 0 Å². The summed E-state index contributed by atoms with van der Waals surface area (Å²) in [6.07, 6.45) is 0. The third-order valence-electron chi connectivity index (χ3n) is 5.56. The number of benzene rings is 2. The van der Waals surface area contributed by atoms with Gasteiger partial charge in [-0.3, -0.25) is 19.4 Å². The van der Waals surface area contributed by atoms with E-state index in [1.54, 1.807) is 6.07 Å². The van der Waals surface area contributed by atoms with Crippen LogP contribution in [-0.2, 0) is 11.3 Å². The molecule has 0 unspecified atom stereocenters. The molecule has 2 heterocycles. The van der Waals surface area contributed by atoms with E-state index >= 15 is 0 Å². The molecule has 2 aromatic carbocycles. The summed E-state index contributed by atoms with van der Waals surface area (Å²) in [5, 5.41) is 2.99. The van der Waals surface area contributed by atoms with Crippen LogP contribution in [0.4, 0.5) is 5.69 Å². The third-order valence-corrected chi connectivity index (χ3v) is 6.50. The van der Waals surface area contributed by atoms with Crippen LogP contribution < -0.4 is 5.32 Å². The van der Waals surface area contributed by atoms with Crippen LogP contribution in [0.15, 0.2) is 49.0 Å². The highest BCUT2D eigenvalue weighted by Gasteiger charge is 2.31. The Balaban J connectivity index is 1.43. The molecule has 0 saturated carbocycles. The van der Waals surface area contributed by atoms with Crippen molar-refractivity contribution in [1.82, 2.24) is 9.80 Å². The van der Waals surface area contributed by atoms with Gasteiger partial charge in [-0.1, -0.05) is 36.9 Å². The van der Waals surface area contributed by atoms with Gasteiger partial charge in [-0.25, -0.2) is 0 Å². The smallest absolute Gasteiger partial charge is 0.259 e. The first-order chi connectivity index (χ1) is 14.0. The molecule has 2 amide bonds. The molecular weight excluding hydrogens is 382 g/mol. The Labute approximate surface area is 175 Å². The van der Waals surface area contributed by atoms with Gasteiger partial charge < -0.3 is 5.32 Å². The molecular formula is C23H25N3O2S. The van der Waals surface area contributed by atoms with Crippen molar-refractivity contribution in [3.8, 4) is 0 Å². The van der Waals surface area contributed by atoms with Crippen LogP contribution in [0.1, 0.15) is 27.0 Å². The van der Waals surface area contributed by atoms with Crippen molar-refractivity contribution in [2.75, 3.05) is 36.5 Å². The van der Waals surface area contributed by atoms with Gasteiger partial charge in [0.25, 0.3) is 5.91 Å². The molecule has 0 bridgehead atoms. The number of rotatable bonds is 5. The molecule has 4 rings (SSSR count). The van der Waals surface area contributed by atoms with Gasteiger partial charge in [0.1, 0.15) is 6.54 Å². The largest absolute Gasteiger partial charge is 0.324 e.